The average Bonchev–Trinajstić information content (AvgIpc) is 2.70. The van der Waals surface area contributed by atoms with E-state index in [1.54, 1.807) is 43.3 Å². The van der Waals surface area contributed by atoms with Crippen molar-refractivity contribution in [2.45, 2.75) is 6.92 Å². The first-order valence-corrected chi connectivity index (χ1v) is 8.70. The van der Waals surface area contributed by atoms with E-state index in [0.717, 1.165) is 12.4 Å². The van der Waals surface area contributed by atoms with Crippen LogP contribution in [0.3, 0.4) is 0 Å². The van der Waals surface area contributed by atoms with Gasteiger partial charge in [-0.25, -0.2) is 19.2 Å². The first kappa shape index (κ1) is 19.7. The minimum Gasteiger partial charge on any atom is -0.508 e. The van der Waals surface area contributed by atoms with Crippen LogP contribution in [0.5, 0.6) is 5.75 Å². The molecule has 0 aliphatic carbocycles. The number of esters is 1. The standard InChI is InChI=1S/C20H18FN5O3/c1-2-29-18(28)12-22-13-6-8-14(9-7-13)25-20-23-11-17(21)19(26-20)24-15-4-3-5-16(27)10-15/h3-12,27H,2H2,1H3,(H2,23,24,25,26). The van der Waals surface area contributed by atoms with E-state index in [1.165, 1.54) is 12.1 Å². The number of aliphatic imine (C=N–C) groups is 1. The molecule has 1 aromatic heterocycles. The van der Waals surface area contributed by atoms with Crippen LogP contribution in [0.25, 0.3) is 0 Å². The SMILES string of the molecule is CCOC(=O)C=Nc1ccc(Nc2ncc(F)c(Nc3cccc(O)c3)n2)cc1. The summed E-state index contributed by atoms with van der Waals surface area (Å²) in [5.74, 6) is -0.960. The van der Waals surface area contributed by atoms with Crippen LogP contribution in [0.4, 0.5) is 33.2 Å². The molecule has 0 unspecified atom stereocenters. The third-order valence-corrected chi connectivity index (χ3v) is 3.58. The van der Waals surface area contributed by atoms with Gasteiger partial charge in [0.1, 0.15) is 12.0 Å². The highest BCUT2D eigenvalue weighted by Gasteiger charge is 2.08. The molecule has 0 aliphatic heterocycles. The zero-order chi connectivity index (χ0) is 20.6. The second-order valence-corrected chi connectivity index (χ2v) is 5.75. The molecule has 0 fully saturated rings. The third kappa shape index (κ3) is 5.73. The lowest BCUT2D eigenvalue weighted by atomic mass is 10.3. The van der Waals surface area contributed by atoms with Crippen molar-refractivity contribution in [2.24, 2.45) is 4.99 Å². The molecule has 0 saturated carbocycles. The molecule has 0 saturated heterocycles. The van der Waals surface area contributed by atoms with Gasteiger partial charge in [0, 0.05) is 17.4 Å². The van der Waals surface area contributed by atoms with E-state index < -0.39 is 11.8 Å². The van der Waals surface area contributed by atoms with Gasteiger partial charge in [0.05, 0.1) is 18.5 Å². The molecule has 2 aromatic carbocycles. The number of hydrogen-bond acceptors (Lipinski definition) is 8. The summed E-state index contributed by atoms with van der Waals surface area (Å²) < 4.78 is 18.8. The maximum absolute atomic E-state index is 14.0. The van der Waals surface area contributed by atoms with Crippen LogP contribution in [0.1, 0.15) is 6.92 Å². The van der Waals surface area contributed by atoms with Crippen LogP contribution < -0.4 is 10.6 Å². The van der Waals surface area contributed by atoms with Crippen molar-refractivity contribution in [1.29, 1.82) is 0 Å². The van der Waals surface area contributed by atoms with E-state index >= 15 is 0 Å². The van der Waals surface area contributed by atoms with Gasteiger partial charge in [-0.05, 0) is 43.3 Å². The predicted molar refractivity (Wildman–Crippen MR) is 108 cm³/mol. The van der Waals surface area contributed by atoms with Crippen molar-refractivity contribution in [3.63, 3.8) is 0 Å². The molecule has 3 aromatic rings. The molecule has 0 amide bonds. The number of carbonyl (C=O) groups is 1. The molecule has 3 rings (SSSR count). The van der Waals surface area contributed by atoms with Gasteiger partial charge in [0.2, 0.25) is 5.95 Å². The third-order valence-electron chi connectivity index (χ3n) is 3.58. The maximum Gasteiger partial charge on any atom is 0.349 e. The molecule has 0 spiro atoms. The van der Waals surface area contributed by atoms with Gasteiger partial charge >= 0.3 is 5.97 Å². The Labute approximate surface area is 166 Å². The van der Waals surface area contributed by atoms with E-state index in [4.69, 9.17) is 4.74 Å². The number of anilines is 4. The number of hydrogen-bond donors (Lipinski definition) is 3. The lowest BCUT2D eigenvalue weighted by Gasteiger charge is -2.10. The molecule has 8 nitrogen and oxygen atoms in total. The number of nitrogens with zero attached hydrogens (tertiary/aromatic N) is 3. The number of nitrogens with one attached hydrogen (secondary N) is 2. The number of phenolic OH excluding ortho intramolecular Hbond substituents is 1. The second kappa shape index (κ2) is 9.27. The minimum atomic E-state index is -0.637. The van der Waals surface area contributed by atoms with Crippen molar-refractivity contribution >= 4 is 41.0 Å². The Kier molecular flexibility index (Phi) is 6.31. The highest BCUT2D eigenvalue weighted by molar-refractivity contribution is 6.23. The van der Waals surface area contributed by atoms with Crippen LogP contribution in [-0.4, -0.2) is 33.9 Å². The quantitative estimate of drug-likeness (QED) is 0.409. The molecule has 9 heteroatoms. The topological polar surface area (TPSA) is 109 Å². The number of ether oxygens (including phenoxy) is 1. The fourth-order valence-corrected chi connectivity index (χ4v) is 2.30. The van der Waals surface area contributed by atoms with E-state index in [-0.39, 0.29) is 24.1 Å². The molecule has 3 N–H and O–H groups in total. The highest BCUT2D eigenvalue weighted by atomic mass is 19.1. The van der Waals surface area contributed by atoms with Gasteiger partial charge in [-0.3, -0.25) is 0 Å². The van der Waals surface area contributed by atoms with E-state index in [1.807, 2.05) is 0 Å². The van der Waals surface area contributed by atoms with Crippen LogP contribution in [-0.2, 0) is 9.53 Å². The number of halogens is 1. The van der Waals surface area contributed by atoms with Gasteiger partial charge in [-0.15, -0.1) is 0 Å². The summed E-state index contributed by atoms with van der Waals surface area (Å²) in [6.07, 6.45) is 2.15. The lowest BCUT2D eigenvalue weighted by molar-refractivity contribution is -0.134. The highest BCUT2D eigenvalue weighted by Crippen LogP contribution is 2.23. The van der Waals surface area contributed by atoms with Gasteiger partial charge in [0.25, 0.3) is 0 Å². The Morgan fingerprint density at radius 1 is 1.21 bits per heavy atom. The summed E-state index contributed by atoms with van der Waals surface area (Å²) >= 11 is 0. The summed E-state index contributed by atoms with van der Waals surface area (Å²) in [6.45, 7) is 2.00. The van der Waals surface area contributed by atoms with Crippen LogP contribution in [0.15, 0.2) is 59.7 Å². The largest absolute Gasteiger partial charge is 0.508 e. The summed E-state index contributed by atoms with van der Waals surface area (Å²) in [4.78, 5) is 23.3. The summed E-state index contributed by atoms with van der Waals surface area (Å²) in [6, 6.07) is 13.1. The molecule has 1 heterocycles. The Hall–Kier alpha value is -4.01. The van der Waals surface area contributed by atoms with Gasteiger partial charge in [-0.1, -0.05) is 6.07 Å². The number of aromatic hydroxyl groups is 1. The number of aromatic nitrogens is 2. The maximum atomic E-state index is 14.0. The zero-order valence-corrected chi connectivity index (χ0v) is 15.5. The Bertz CT molecular complexity index is 1020. The molecule has 29 heavy (non-hydrogen) atoms. The second-order valence-electron chi connectivity index (χ2n) is 5.75. The van der Waals surface area contributed by atoms with Crippen LogP contribution >= 0.6 is 0 Å². The van der Waals surface area contributed by atoms with Gasteiger partial charge in [-0.2, -0.15) is 4.98 Å². The van der Waals surface area contributed by atoms with Crippen LogP contribution in [0.2, 0.25) is 0 Å². The van der Waals surface area contributed by atoms with E-state index in [9.17, 15) is 14.3 Å². The fraction of sp³-hybridized carbons (Fsp3) is 0.100. The number of rotatable bonds is 7. The fourth-order valence-electron chi connectivity index (χ4n) is 2.30. The van der Waals surface area contributed by atoms with Gasteiger partial charge < -0.3 is 20.5 Å². The molecular weight excluding hydrogens is 377 g/mol. The molecule has 0 atom stereocenters. The number of phenols is 1. The van der Waals surface area contributed by atoms with Gasteiger partial charge in [0.15, 0.2) is 11.6 Å². The van der Waals surface area contributed by atoms with E-state index in [0.29, 0.717) is 17.1 Å². The summed E-state index contributed by atoms with van der Waals surface area (Å²) in [7, 11) is 0. The minimum absolute atomic E-state index is 0.0382. The average molecular weight is 395 g/mol. The summed E-state index contributed by atoms with van der Waals surface area (Å²) in [5, 5.41) is 15.3. The monoisotopic (exact) mass is 395 g/mol. The molecular formula is C20H18FN5O3. The van der Waals surface area contributed by atoms with Crippen molar-refractivity contribution in [3.05, 3.63) is 60.5 Å². The Morgan fingerprint density at radius 3 is 2.72 bits per heavy atom. The molecule has 0 bridgehead atoms. The lowest BCUT2D eigenvalue weighted by Crippen LogP contribution is -2.04. The molecule has 0 radical (unpaired) electrons. The smallest absolute Gasteiger partial charge is 0.349 e. The molecule has 148 valence electrons. The molecule has 0 aliphatic rings. The zero-order valence-electron chi connectivity index (χ0n) is 15.5. The normalized spacial score (nSPS) is 10.7. The van der Waals surface area contributed by atoms with Crippen LogP contribution in [0, 0.1) is 5.82 Å². The first-order chi connectivity index (χ1) is 14.0. The van der Waals surface area contributed by atoms with Crippen molar-refractivity contribution in [2.75, 3.05) is 17.2 Å². The summed E-state index contributed by atoms with van der Waals surface area (Å²) in [5.41, 5.74) is 1.70. The van der Waals surface area contributed by atoms with Crippen molar-refractivity contribution < 1.29 is 19.0 Å². The van der Waals surface area contributed by atoms with Crippen molar-refractivity contribution in [1.82, 2.24) is 9.97 Å². The van der Waals surface area contributed by atoms with E-state index in [2.05, 4.69) is 25.6 Å². The first-order valence-electron chi connectivity index (χ1n) is 8.70. The predicted octanol–water partition coefficient (Wildman–Crippen LogP) is 4.07. The number of carbonyl (C=O) groups excluding carboxylic acids is 1. The Balaban J connectivity index is 1.69. The Morgan fingerprint density at radius 2 is 2.00 bits per heavy atom. The number of benzene rings is 2. The van der Waals surface area contributed by atoms with Crippen molar-refractivity contribution in [3.8, 4) is 5.75 Å².